The van der Waals surface area contributed by atoms with Gasteiger partial charge in [-0.2, -0.15) is 0 Å². The van der Waals surface area contributed by atoms with Gasteiger partial charge in [-0.25, -0.2) is 4.79 Å². The molecule has 118 valence electrons. The van der Waals surface area contributed by atoms with Crippen molar-refractivity contribution in [2.75, 3.05) is 13.7 Å². The highest BCUT2D eigenvalue weighted by Crippen LogP contribution is 2.21. The number of carboxylic acid groups (broad SMARTS) is 1. The smallest absolute Gasteiger partial charge is 0.326 e. The second-order valence-corrected chi connectivity index (χ2v) is 6.38. The largest absolute Gasteiger partial charge is 0.496 e. The lowest BCUT2D eigenvalue weighted by atomic mass is 10.1. The first-order chi connectivity index (χ1) is 9.73. The Balaban J connectivity index is 2.57. The van der Waals surface area contributed by atoms with E-state index in [2.05, 4.69) is 5.32 Å². The van der Waals surface area contributed by atoms with Gasteiger partial charge in [0.05, 0.1) is 17.6 Å². The highest BCUT2D eigenvalue weighted by atomic mass is 32.1. The zero-order valence-corrected chi connectivity index (χ0v) is 13.5. The third kappa shape index (κ3) is 6.14. The average molecular weight is 315 g/mol. The number of rotatable bonds is 7. The first-order valence-electron chi connectivity index (χ1n) is 6.53. The van der Waals surface area contributed by atoms with Crippen LogP contribution < -0.4 is 10.1 Å². The maximum absolute atomic E-state index is 12.0. The molecule has 0 saturated heterocycles. The lowest BCUT2D eigenvalue weighted by Crippen LogP contribution is -2.41. The van der Waals surface area contributed by atoms with Crippen LogP contribution in [-0.4, -0.2) is 42.3 Å². The van der Waals surface area contributed by atoms with Crippen LogP contribution in [0.25, 0.3) is 0 Å². The Morgan fingerprint density at radius 1 is 1.43 bits per heavy atom. The van der Waals surface area contributed by atoms with Gasteiger partial charge in [0, 0.05) is 24.5 Å². The van der Waals surface area contributed by atoms with Gasteiger partial charge < -0.3 is 19.9 Å². The van der Waals surface area contributed by atoms with Crippen LogP contribution in [-0.2, 0) is 9.53 Å². The monoisotopic (exact) mass is 315 g/mol. The van der Waals surface area contributed by atoms with Crippen LogP contribution in [0.4, 0.5) is 0 Å². The Labute approximate surface area is 128 Å². The highest BCUT2D eigenvalue weighted by Gasteiger charge is 2.22. The molecule has 1 atom stereocenters. The maximum atomic E-state index is 12.0. The number of hydrogen-bond donors (Lipinski definition) is 2. The molecular formula is C14H21NO5S. The fraction of sp³-hybridized carbons (Fsp3) is 0.571. The predicted octanol–water partition coefficient (Wildman–Crippen LogP) is 2.14. The van der Waals surface area contributed by atoms with E-state index in [1.807, 2.05) is 20.8 Å². The molecule has 1 aromatic heterocycles. The number of aliphatic carboxylic acids is 1. The van der Waals surface area contributed by atoms with Gasteiger partial charge in [-0.1, -0.05) is 0 Å². The molecule has 0 aromatic carbocycles. The van der Waals surface area contributed by atoms with Crippen molar-refractivity contribution in [1.82, 2.24) is 5.32 Å². The third-order valence-corrected chi connectivity index (χ3v) is 3.49. The van der Waals surface area contributed by atoms with Crippen molar-refractivity contribution in [2.45, 2.75) is 38.8 Å². The second-order valence-electron chi connectivity index (χ2n) is 5.46. The van der Waals surface area contributed by atoms with E-state index < -0.39 is 17.9 Å². The SMILES string of the molecule is COc1csc(C(=O)NC(CCOC(C)(C)C)C(=O)O)c1. The number of thiophene rings is 1. The van der Waals surface area contributed by atoms with E-state index in [0.717, 1.165) is 0 Å². The van der Waals surface area contributed by atoms with E-state index in [1.165, 1.54) is 18.4 Å². The summed E-state index contributed by atoms with van der Waals surface area (Å²) in [5, 5.41) is 13.3. The first kappa shape index (κ1) is 17.5. The maximum Gasteiger partial charge on any atom is 0.326 e. The summed E-state index contributed by atoms with van der Waals surface area (Å²) in [7, 11) is 1.51. The van der Waals surface area contributed by atoms with Gasteiger partial charge in [-0.15, -0.1) is 11.3 Å². The normalized spacial score (nSPS) is 12.8. The van der Waals surface area contributed by atoms with Gasteiger partial charge in [-0.3, -0.25) is 4.79 Å². The summed E-state index contributed by atoms with van der Waals surface area (Å²) < 4.78 is 10.5. The Bertz CT molecular complexity index is 492. The van der Waals surface area contributed by atoms with Gasteiger partial charge in [0.1, 0.15) is 11.8 Å². The summed E-state index contributed by atoms with van der Waals surface area (Å²) in [6.45, 7) is 5.92. The predicted molar refractivity (Wildman–Crippen MR) is 80.1 cm³/mol. The van der Waals surface area contributed by atoms with E-state index in [4.69, 9.17) is 14.6 Å². The molecule has 0 spiro atoms. The molecule has 0 aliphatic heterocycles. The summed E-state index contributed by atoms with van der Waals surface area (Å²) in [5.74, 6) is -0.927. The molecule has 0 saturated carbocycles. The van der Waals surface area contributed by atoms with Crippen LogP contribution in [0, 0.1) is 0 Å². The van der Waals surface area contributed by atoms with Gasteiger partial charge >= 0.3 is 5.97 Å². The Morgan fingerprint density at radius 3 is 2.57 bits per heavy atom. The molecule has 7 heteroatoms. The molecule has 21 heavy (non-hydrogen) atoms. The van der Waals surface area contributed by atoms with Crippen LogP contribution in [0.15, 0.2) is 11.4 Å². The van der Waals surface area contributed by atoms with Crippen LogP contribution in [0.1, 0.15) is 36.9 Å². The van der Waals surface area contributed by atoms with Crippen LogP contribution in [0.5, 0.6) is 5.75 Å². The molecule has 1 amide bonds. The molecule has 0 fully saturated rings. The number of amides is 1. The number of ether oxygens (including phenoxy) is 2. The van der Waals surface area contributed by atoms with Crippen molar-refractivity contribution >= 4 is 23.2 Å². The van der Waals surface area contributed by atoms with Crippen LogP contribution >= 0.6 is 11.3 Å². The topological polar surface area (TPSA) is 84.9 Å². The van der Waals surface area contributed by atoms with E-state index in [9.17, 15) is 9.59 Å². The first-order valence-corrected chi connectivity index (χ1v) is 7.41. The van der Waals surface area contributed by atoms with Crippen molar-refractivity contribution in [1.29, 1.82) is 0 Å². The molecule has 1 aromatic rings. The number of nitrogens with one attached hydrogen (secondary N) is 1. The average Bonchev–Trinajstić information content (AvgIpc) is 2.84. The molecule has 0 aliphatic rings. The molecule has 6 nitrogen and oxygen atoms in total. The highest BCUT2D eigenvalue weighted by molar-refractivity contribution is 7.12. The van der Waals surface area contributed by atoms with Crippen molar-refractivity contribution in [3.8, 4) is 5.75 Å². The van der Waals surface area contributed by atoms with Crippen molar-refractivity contribution < 1.29 is 24.2 Å². The number of methoxy groups -OCH3 is 1. The molecule has 1 heterocycles. The van der Waals surface area contributed by atoms with E-state index in [-0.39, 0.29) is 18.6 Å². The molecule has 1 rings (SSSR count). The van der Waals surface area contributed by atoms with Crippen molar-refractivity contribution in [3.63, 3.8) is 0 Å². The summed E-state index contributed by atoms with van der Waals surface area (Å²) in [5.41, 5.74) is -0.339. The summed E-state index contributed by atoms with van der Waals surface area (Å²) in [6.07, 6.45) is 0.209. The van der Waals surface area contributed by atoms with Crippen molar-refractivity contribution in [2.24, 2.45) is 0 Å². The van der Waals surface area contributed by atoms with Gasteiger partial charge in [0.2, 0.25) is 0 Å². The van der Waals surface area contributed by atoms with Crippen LogP contribution in [0.3, 0.4) is 0 Å². The lowest BCUT2D eigenvalue weighted by molar-refractivity contribution is -0.140. The van der Waals surface area contributed by atoms with E-state index in [1.54, 1.807) is 11.4 Å². The summed E-state index contributed by atoms with van der Waals surface area (Å²) in [4.78, 5) is 23.6. The summed E-state index contributed by atoms with van der Waals surface area (Å²) >= 11 is 1.20. The summed E-state index contributed by atoms with van der Waals surface area (Å²) in [6, 6.07) is 0.595. The fourth-order valence-corrected chi connectivity index (χ4v) is 2.27. The van der Waals surface area contributed by atoms with Gasteiger partial charge in [0.25, 0.3) is 5.91 Å². The standard InChI is InChI=1S/C14H21NO5S/c1-14(2,3)20-6-5-10(13(17)18)15-12(16)11-7-9(19-4)8-21-11/h7-8,10H,5-6H2,1-4H3,(H,15,16)(H,17,18). The second kappa shape index (κ2) is 7.42. The molecule has 2 N–H and O–H groups in total. The molecule has 1 unspecified atom stereocenters. The Kier molecular flexibility index (Phi) is 6.17. The third-order valence-electron chi connectivity index (χ3n) is 2.58. The van der Waals surface area contributed by atoms with Gasteiger partial charge in [-0.05, 0) is 20.8 Å². The van der Waals surface area contributed by atoms with E-state index >= 15 is 0 Å². The minimum atomic E-state index is -1.08. The Hall–Kier alpha value is -1.60. The minimum absolute atomic E-state index is 0.209. The number of carboxylic acids is 1. The minimum Gasteiger partial charge on any atom is -0.496 e. The van der Waals surface area contributed by atoms with Gasteiger partial charge in [0.15, 0.2) is 0 Å². The van der Waals surface area contributed by atoms with Crippen LogP contribution in [0.2, 0.25) is 0 Å². The lowest BCUT2D eigenvalue weighted by Gasteiger charge is -2.21. The number of carbonyl (C=O) groups is 2. The van der Waals surface area contributed by atoms with E-state index in [0.29, 0.717) is 10.6 Å². The molecule has 0 aliphatic carbocycles. The molecule has 0 radical (unpaired) electrons. The zero-order chi connectivity index (χ0) is 16.0. The number of carbonyl (C=O) groups excluding carboxylic acids is 1. The molecule has 0 bridgehead atoms. The molecular weight excluding hydrogens is 294 g/mol. The van der Waals surface area contributed by atoms with Crippen molar-refractivity contribution in [3.05, 3.63) is 16.3 Å². The quantitative estimate of drug-likeness (QED) is 0.805. The zero-order valence-electron chi connectivity index (χ0n) is 12.6. The Morgan fingerprint density at radius 2 is 2.10 bits per heavy atom. The fourth-order valence-electron chi connectivity index (χ4n) is 1.51. The number of hydrogen-bond acceptors (Lipinski definition) is 5.